The van der Waals surface area contributed by atoms with Crippen LogP contribution in [0.15, 0.2) is 70.5 Å². The summed E-state index contributed by atoms with van der Waals surface area (Å²) in [4.78, 5) is 0.590. The van der Waals surface area contributed by atoms with Gasteiger partial charge in [0, 0.05) is 11.8 Å². The summed E-state index contributed by atoms with van der Waals surface area (Å²) in [6.07, 6.45) is -0.591. The molecule has 6 fully saturated rings. The van der Waals surface area contributed by atoms with Gasteiger partial charge in [0.1, 0.15) is 0 Å². The summed E-state index contributed by atoms with van der Waals surface area (Å²) in [6.45, 7) is 0. The Labute approximate surface area is 211 Å². The maximum atomic E-state index is 14.3. The minimum Gasteiger partial charge on any atom is -0.392 e. The normalized spacial score (nSPS) is 48.9. The molecule has 190 valence electrons. The molecule has 6 aliphatic carbocycles. The molecule has 2 bridgehead atoms. The van der Waals surface area contributed by atoms with Crippen molar-refractivity contribution < 1.29 is 27.0 Å². The number of aliphatic hydroxyl groups is 2. The van der Waals surface area contributed by atoms with Crippen molar-refractivity contribution in [2.75, 3.05) is 5.75 Å². The Morgan fingerprint density at radius 2 is 1.19 bits per heavy atom. The highest BCUT2D eigenvalue weighted by Crippen LogP contribution is 2.86. The molecular weight excluding hydrogens is 496 g/mol. The van der Waals surface area contributed by atoms with Crippen LogP contribution in [0.25, 0.3) is 0 Å². The van der Waals surface area contributed by atoms with Gasteiger partial charge in [0.05, 0.1) is 32.5 Å². The number of hydrogen-bond donors (Lipinski definition) is 2. The SMILES string of the molecule is O=S(=O)(CCC1[C@H]2[C@@H](O)[C@H]3[C@H]4C5CC3(S(=O)(=O)c3ccccc3)[C@H]3[C@@H](O)[C@H]1[C@@H]([C@H]53)[C@@H]24)c1ccccc1. The first-order valence-corrected chi connectivity index (χ1v) is 16.3. The molecule has 2 N–H and O–H groups in total. The van der Waals surface area contributed by atoms with Crippen molar-refractivity contribution in [3.8, 4) is 0 Å². The zero-order chi connectivity index (χ0) is 24.8. The summed E-state index contributed by atoms with van der Waals surface area (Å²) < 4.78 is 53.7. The van der Waals surface area contributed by atoms with Crippen molar-refractivity contribution in [2.45, 2.75) is 39.6 Å². The molecule has 36 heavy (non-hydrogen) atoms. The third kappa shape index (κ3) is 2.25. The zero-order valence-electron chi connectivity index (χ0n) is 19.7. The summed E-state index contributed by atoms with van der Waals surface area (Å²) in [5.74, 6) is -0.160. The molecule has 3 unspecified atom stereocenters. The third-order valence-electron chi connectivity index (χ3n) is 11.6. The van der Waals surface area contributed by atoms with Gasteiger partial charge in [-0.15, -0.1) is 0 Å². The van der Waals surface area contributed by atoms with Gasteiger partial charge in [-0.3, -0.25) is 0 Å². The largest absolute Gasteiger partial charge is 0.392 e. The van der Waals surface area contributed by atoms with Crippen molar-refractivity contribution in [3.63, 3.8) is 0 Å². The van der Waals surface area contributed by atoms with Crippen molar-refractivity contribution in [2.24, 2.45) is 59.2 Å². The summed E-state index contributed by atoms with van der Waals surface area (Å²) in [6, 6.07) is 17.0. The van der Waals surface area contributed by atoms with Gasteiger partial charge in [-0.2, -0.15) is 0 Å². The van der Waals surface area contributed by atoms with Gasteiger partial charge < -0.3 is 10.2 Å². The fourth-order valence-electron chi connectivity index (χ4n) is 11.2. The fourth-order valence-corrected chi connectivity index (χ4v) is 15.2. The minimum atomic E-state index is -3.78. The predicted molar refractivity (Wildman–Crippen MR) is 131 cm³/mol. The molecule has 6 saturated carbocycles. The van der Waals surface area contributed by atoms with E-state index in [0.717, 1.165) is 0 Å². The molecule has 0 aliphatic heterocycles. The summed E-state index contributed by atoms with van der Waals surface area (Å²) >= 11 is 0. The van der Waals surface area contributed by atoms with Gasteiger partial charge in [0.25, 0.3) is 0 Å². The molecule has 6 nitrogen and oxygen atoms in total. The van der Waals surface area contributed by atoms with Gasteiger partial charge in [0.15, 0.2) is 19.7 Å². The Morgan fingerprint density at radius 1 is 0.694 bits per heavy atom. The second kappa shape index (κ2) is 6.82. The van der Waals surface area contributed by atoms with E-state index in [1.165, 1.54) is 0 Å². The van der Waals surface area contributed by atoms with E-state index in [-0.39, 0.29) is 69.8 Å². The summed E-state index contributed by atoms with van der Waals surface area (Å²) in [5, 5.41) is 23.6. The van der Waals surface area contributed by atoms with Crippen molar-refractivity contribution >= 4 is 19.7 Å². The van der Waals surface area contributed by atoms with Gasteiger partial charge >= 0.3 is 0 Å². The fraction of sp³-hybridized carbons (Fsp3) is 0.571. The molecule has 2 aromatic rings. The lowest BCUT2D eigenvalue weighted by atomic mass is 9.68. The molecule has 0 aromatic heterocycles. The molecule has 0 heterocycles. The van der Waals surface area contributed by atoms with Crippen molar-refractivity contribution in [1.82, 2.24) is 0 Å². The maximum Gasteiger partial charge on any atom is 0.184 e. The van der Waals surface area contributed by atoms with E-state index in [0.29, 0.717) is 17.7 Å². The molecule has 8 heteroatoms. The van der Waals surface area contributed by atoms with Crippen LogP contribution in [0.1, 0.15) is 12.8 Å². The molecular formula is C28H30O6S2. The van der Waals surface area contributed by atoms with Crippen LogP contribution in [0.2, 0.25) is 0 Å². The van der Waals surface area contributed by atoms with Crippen LogP contribution in [0, 0.1) is 59.2 Å². The van der Waals surface area contributed by atoms with Crippen LogP contribution in [0.4, 0.5) is 0 Å². The topological polar surface area (TPSA) is 109 Å². The summed E-state index contributed by atoms with van der Waals surface area (Å²) in [7, 11) is -7.25. The van der Waals surface area contributed by atoms with Crippen LogP contribution in [0.3, 0.4) is 0 Å². The molecule has 0 spiro atoms. The highest BCUT2D eigenvalue weighted by atomic mass is 32.2. The van der Waals surface area contributed by atoms with Gasteiger partial charge in [-0.25, -0.2) is 16.8 Å². The Bertz CT molecular complexity index is 1420. The first-order valence-electron chi connectivity index (χ1n) is 13.2. The first kappa shape index (κ1) is 22.3. The molecule has 0 saturated heterocycles. The van der Waals surface area contributed by atoms with Crippen molar-refractivity contribution in [1.29, 1.82) is 0 Å². The van der Waals surface area contributed by atoms with E-state index in [1.807, 2.05) is 0 Å². The van der Waals surface area contributed by atoms with Crippen LogP contribution >= 0.6 is 0 Å². The quantitative estimate of drug-likeness (QED) is 0.599. The Balaban J connectivity index is 1.20. The predicted octanol–water partition coefficient (Wildman–Crippen LogP) is 2.42. The highest BCUT2D eigenvalue weighted by molar-refractivity contribution is 7.93. The van der Waals surface area contributed by atoms with E-state index in [9.17, 15) is 27.0 Å². The van der Waals surface area contributed by atoms with Crippen LogP contribution < -0.4 is 0 Å². The lowest BCUT2D eigenvalue weighted by Crippen LogP contribution is -2.58. The smallest absolute Gasteiger partial charge is 0.184 e. The van der Waals surface area contributed by atoms with E-state index >= 15 is 0 Å². The number of aliphatic hydroxyl groups excluding tert-OH is 2. The molecule has 8 rings (SSSR count). The number of fused-ring (bicyclic) bond motifs is 3. The lowest BCUT2D eigenvalue weighted by Gasteiger charge is -2.47. The average molecular weight is 527 g/mol. The minimum absolute atomic E-state index is 0.0187. The number of sulfone groups is 2. The van der Waals surface area contributed by atoms with Crippen LogP contribution in [0.5, 0.6) is 0 Å². The standard InChI is InChI=1S/C28H30O6S2/c29-26-20-16(11-12-35(31,32)14-7-3-1-4-8-14)21-23-19-17-13-28(25(19)27(21)30,24(26)18(17)22(20)23)36(33,34)15-9-5-2-6-10-15/h1-10,16-27,29-30H,11-13H2/t16?,17?,18-,19-,20+,21+,22+,23+,24+,25+,26-,27+,28?/m0/s1. The van der Waals surface area contributed by atoms with Crippen molar-refractivity contribution in [3.05, 3.63) is 60.7 Å². The van der Waals surface area contributed by atoms with E-state index in [1.54, 1.807) is 60.7 Å². The lowest BCUT2D eigenvalue weighted by molar-refractivity contribution is -0.0401. The zero-order valence-corrected chi connectivity index (χ0v) is 21.3. The van der Waals surface area contributed by atoms with E-state index < -0.39 is 36.6 Å². The molecule has 6 aliphatic rings. The van der Waals surface area contributed by atoms with E-state index in [2.05, 4.69) is 0 Å². The van der Waals surface area contributed by atoms with Gasteiger partial charge in [-0.05, 0) is 84.5 Å². The molecule has 0 radical (unpaired) electrons. The average Bonchev–Trinajstić information content (AvgIpc) is 3.66. The van der Waals surface area contributed by atoms with Gasteiger partial charge in [-0.1, -0.05) is 36.4 Å². The monoisotopic (exact) mass is 526 g/mol. The first-order chi connectivity index (χ1) is 17.2. The van der Waals surface area contributed by atoms with E-state index in [4.69, 9.17) is 0 Å². The second-order valence-electron chi connectivity index (χ2n) is 12.2. The number of hydrogen-bond acceptors (Lipinski definition) is 6. The Morgan fingerprint density at radius 3 is 1.72 bits per heavy atom. The Hall–Kier alpha value is -1.74. The van der Waals surface area contributed by atoms with Crippen LogP contribution in [-0.4, -0.2) is 49.8 Å². The number of rotatable bonds is 6. The Kier molecular flexibility index (Phi) is 4.22. The molecule has 13 atom stereocenters. The number of benzene rings is 2. The third-order valence-corrected chi connectivity index (χ3v) is 16.0. The summed E-state index contributed by atoms with van der Waals surface area (Å²) in [5.41, 5.74) is 0. The molecule has 0 amide bonds. The highest BCUT2D eigenvalue weighted by Gasteiger charge is 2.90. The van der Waals surface area contributed by atoms with Gasteiger partial charge in [0.2, 0.25) is 0 Å². The van der Waals surface area contributed by atoms with Crippen LogP contribution in [-0.2, 0) is 19.7 Å². The molecule has 2 aromatic carbocycles. The second-order valence-corrected chi connectivity index (χ2v) is 16.6. The maximum absolute atomic E-state index is 14.3.